The molecule has 1 aliphatic heterocycles. The van der Waals surface area contributed by atoms with Crippen LogP contribution in [0.4, 0.5) is 16.2 Å². The smallest absolute Gasteiger partial charge is 0.404 e. The number of nitrogens with zero attached hydrogens (tertiary/aromatic N) is 2. The van der Waals surface area contributed by atoms with Crippen LogP contribution in [-0.4, -0.2) is 43.6 Å². The van der Waals surface area contributed by atoms with Crippen LogP contribution < -0.4 is 16.0 Å². The van der Waals surface area contributed by atoms with Crippen molar-refractivity contribution in [2.24, 2.45) is 5.92 Å². The normalized spacial score (nSPS) is 25.0. The van der Waals surface area contributed by atoms with Crippen LogP contribution in [0.15, 0.2) is 6.20 Å². The summed E-state index contributed by atoms with van der Waals surface area (Å²) in [4.78, 5) is 18.1. The molecule has 162 valence electrons. The molecule has 0 radical (unpaired) electrons. The maximum atomic E-state index is 11.2. The number of carbonyl (C=O) groups is 1. The van der Waals surface area contributed by atoms with Gasteiger partial charge in [-0.2, -0.15) is 0 Å². The number of pyridine rings is 1. The van der Waals surface area contributed by atoms with E-state index in [4.69, 9.17) is 15.3 Å². The zero-order valence-electron chi connectivity index (χ0n) is 18.6. The number of aromatic nitrogens is 1. The molecule has 2 aliphatic rings. The first kappa shape index (κ1) is 21.9. The number of piperidine rings is 1. The molecule has 8 heteroatoms. The summed E-state index contributed by atoms with van der Waals surface area (Å²) in [5.41, 5.74) is 10.3. The van der Waals surface area contributed by atoms with Gasteiger partial charge in [-0.05, 0) is 43.3 Å². The van der Waals surface area contributed by atoms with Crippen molar-refractivity contribution in [3.8, 4) is 0 Å². The van der Waals surface area contributed by atoms with Crippen molar-refractivity contribution in [3.05, 3.63) is 17.5 Å². The average Bonchev–Trinajstić information content (AvgIpc) is 2.94. The fourth-order valence-electron chi connectivity index (χ4n) is 4.34. The van der Waals surface area contributed by atoms with Crippen LogP contribution in [-0.2, 0) is 10.8 Å². The summed E-state index contributed by atoms with van der Waals surface area (Å²) < 4.78 is 6.69. The van der Waals surface area contributed by atoms with Crippen LogP contribution >= 0.6 is 0 Å². The predicted octanol–water partition coefficient (Wildman–Crippen LogP) is 4.16. The Kier molecular flexibility index (Phi) is 5.88. The number of nitrogens with one attached hydrogen (secondary N) is 1. The molecule has 1 amide bonds. The maximum absolute atomic E-state index is 11.2. The van der Waals surface area contributed by atoms with Crippen LogP contribution in [0, 0.1) is 5.92 Å². The number of carboxylic acid groups (broad SMARTS) is 1. The molecule has 1 aromatic heterocycles. The van der Waals surface area contributed by atoms with E-state index >= 15 is 0 Å². The largest absolute Gasteiger partial charge is 0.465 e. The Bertz CT molecular complexity index is 778. The minimum Gasteiger partial charge on any atom is -0.465 e. The van der Waals surface area contributed by atoms with E-state index in [1.807, 2.05) is 0 Å². The van der Waals surface area contributed by atoms with Gasteiger partial charge in [0.25, 0.3) is 0 Å². The number of amides is 1. The van der Waals surface area contributed by atoms with Gasteiger partial charge in [0.05, 0.1) is 29.4 Å². The Morgan fingerprint density at radius 2 is 2.07 bits per heavy atom. The highest BCUT2D eigenvalue weighted by Crippen LogP contribution is 2.46. The maximum Gasteiger partial charge on any atom is 0.404 e. The second-order valence-electron chi connectivity index (χ2n) is 10.2. The Labute approximate surface area is 175 Å². The molecule has 1 aliphatic carbocycles. The fourth-order valence-corrected chi connectivity index (χ4v) is 5.64. The van der Waals surface area contributed by atoms with Gasteiger partial charge in [-0.15, -0.1) is 0 Å². The van der Waals surface area contributed by atoms with E-state index in [2.05, 4.69) is 56.0 Å². The van der Waals surface area contributed by atoms with Gasteiger partial charge in [-0.1, -0.05) is 27.7 Å². The van der Waals surface area contributed by atoms with E-state index in [1.54, 1.807) is 6.20 Å². The molecular formula is C21H36N4O3Si. The molecule has 4 N–H and O–H groups in total. The van der Waals surface area contributed by atoms with Crippen LogP contribution in [0.5, 0.6) is 0 Å². The quantitative estimate of drug-likeness (QED) is 0.633. The van der Waals surface area contributed by atoms with E-state index in [-0.39, 0.29) is 17.2 Å². The van der Waals surface area contributed by atoms with Crippen molar-refractivity contribution >= 4 is 25.8 Å². The summed E-state index contributed by atoms with van der Waals surface area (Å²) in [6, 6.07) is -0.0971. The minimum atomic E-state index is -1.91. The van der Waals surface area contributed by atoms with Gasteiger partial charge in [0, 0.05) is 24.7 Å². The molecule has 0 aromatic carbocycles. The van der Waals surface area contributed by atoms with E-state index in [0.29, 0.717) is 18.2 Å². The first-order valence-corrected chi connectivity index (χ1v) is 13.5. The number of hydrogen-bond donors (Lipinski definition) is 3. The Hall–Kier alpha value is -1.80. The SMILES string of the molecule is C[C@@H]1C[C@H](NC(=O)O)CN(c2c(N)cnc3c2CC[C@H]3O[Si](C)(C)C(C)(C)C)C1. The lowest BCUT2D eigenvalue weighted by Crippen LogP contribution is -2.50. The third-order valence-corrected chi connectivity index (χ3v) is 11.2. The third kappa shape index (κ3) is 4.53. The van der Waals surface area contributed by atoms with Crippen LogP contribution in [0.2, 0.25) is 18.1 Å². The Morgan fingerprint density at radius 1 is 1.38 bits per heavy atom. The van der Waals surface area contributed by atoms with Crippen molar-refractivity contribution in [1.82, 2.24) is 10.3 Å². The van der Waals surface area contributed by atoms with Gasteiger partial charge >= 0.3 is 6.09 Å². The lowest BCUT2D eigenvalue weighted by atomic mass is 9.94. The van der Waals surface area contributed by atoms with Crippen LogP contribution in [0.3, 0.4) is 0 Å². The van der Waals surface area contributed by atoms with E-state index in [0.717, 1.165) is 37.2 Å². The molecule has 3 rings (SSSR count). The summed E-state index contributed by atoms with van der Waals surface area (Å²) in [5.74, 6) is 0.379. The molecule has 0 unspecified atom stereocenters. The molecular weight excluding hydrogens is 384 g/mol. The van der Waals surface area contributed by atoms with E-state index in [9.17, 15) is 4.79 Å². The summed E-state index contributed by atoms with van der Waals surface area (Å²) in [6.07, 6.45) is 3.45. The van der Waals surface area contributed by atoms with Gasteiger partial charge in [-0.25, -0.2) is 4.79 Å². The second kappa shape index (κ2) is 7.79. The van der Waals surface area contributed by atoms with E-state index < -0.39 is 14.4 Å². The first-order chi connectivity index (χ1) is 13.4. The zero-order chi connectivity index (χ0) is 21.6. The summed E-state index contributed by atoms with van der Waals surface area (Å²) in [7, 11) is -1.91. The molecule has 1 aromatic rings. The predicted molar refractivity (Wildman–Crippen MR) is 119 cm³/mol. The van der Waals surface area contributed by atoms with Crippen LogP contribution in [0.25, 0.3) is 0 Å². The van der Waals surface area contributed by atoms with Gasteiger partial charge in [0.1, 0.15) is 0 Å². The van der Waals surface area contributed by atoms with Crippen molar-refractivity contribution in [2.45, 2.75) is 77.2 Å². The lowest BCUT2D eigenvalue weighted by Gasteiger charge is -2.39. The van der Waals surface area contributed by atoms with Crippen molar-refractivity contribution in [3.63, 3.8) is 0 Å². The van der Waals surface area contributed by atoms with Gasteiger partial charge in [-0.3, -0.25) is 4.98 Å². The summed E-state index contributed by atoms with van der Waals surface area (Å²) >= 11 is 0. The second-order valence-corrected chi connectivity index (χ2v) is 15.0. The molecule has 0 bridgehead atoms. The number of rotatable bonds is 4. The Balaban J connectivity index is 1.89. The minimum absolute atomic E-state index is 0.0143. The molecule has 7 nitrogen and oxygen atoms in total. The lowest BCUT2D eigenvalue weighted by molar-refractivity contribution is 0.181. The number of fused-ring (bicyclic) bond motifs is 1. The number of nitrogens with two attached hydrogens (primary N) is 1. The highest BCUT2D eigenvalue weighted by molar-refractivity contribution is 6.74. The molecule has 2 heterocycles. The average molecular weight is 421 g/mol. The monoisotopic (exact) mass is 420 g/mol. The molecule has 3 atom stereocenters. The highest BCUT2D eigenvalue weighted by Gasteiger charge is 2.42. The van der Waals surface area contributed by atoms with Gasteiger partial charge in [0.15, 0.2) is 8.32 Å². The third-order valence-electron chi connectivity index (χ3n) is 6.72. The number of hydrogen-bond acceptors (Lipinski definition) is 5. The van der Waals surface area contributed by atoms with Gasteiger partial charge in [0.2, 0.25) is 0 Å². The summed E-state index contributed by atoms with van der Waals surface area (Å²) in [6.45, 7) is 15.0. The Morgan fingerprint density at radius 3 is 2.69 bits per heavy atom. The number of nitrogen functional groups attached to an aromatic ring is 1. The number of anilines is 2. The van der Waals surface area contributed by atoms with Crippen molar-refractivity contribution in [2.75, 3.05) is 23.7 Å². The topological polar surface area (TPSA) is 101 Å². The molecule has 0 saturated carbocycles. The van der Waals surface area contributed by atoms with Crippen molar-refractivity contribution in [1.29, 1.82) is 0 Å². The molecule has 0 spiro atoms. The van der Waals surface area contributed by atoms with Crippen molar-refractivity contribution < 1.29 is 14.3 Å². The molecule has 29 heavy (non-hydrogen) atoms. The molecule has 1 saturated heterocycles. The molecule has 1 fully saturated rings. The first-order valence-electron chi connectivity index (χ1n) is 10.6. The standard InChI is InChI=1S/C21H36N4O3Si/c1-13-9-14(24-20(26)27)12-25(11-13)19-15-7-8-17(18(15)23-10-16(19)22)28-29(5,6)21(2,3)4/h10,13-14,17,24H,7-9,11-12,22H2,1-6H3,(H,26,27)/t13-,14+,17-/m1/s1. The summed E-state index contributed by atoms with van der Waals surface area (Å²) in [5, 5.41) is 11.9. The highest BCUT2D eigenvalue weighted by atomic mass is 28.4. The van der Waals surface area contributed by atoms with E-state index in [1.165, 1.54) is 5.56 Å². The van der Waals surface area contributed by atoms with Crippen LogP contribution in [0.1, 0.15) is 57.9 Å². The zero-order valence-corrected chi connectivity index (χ0v) is 19.6. The fraction of sp³-hybridized carbons (Fsp3) is 0.714. The van der Waals surface area contributed by atoms with Gasteiger partial charge < -0.3 is 25.5 Å².